The van der Waals surface area contributed by atoms with Crippen LogP contribution in [0, 0.1) is 5.92 Å². The Hall–Kier alpha value is -1.79. The molecular weight excluding hydrogens is 417 g/mol. The third-order valence-electron chi connectivity index (χ3n) is 6.08. The van der Waals surface area contributed by atoms with Crippen LogP contribution < -0.4 is 16.4 Å². The van der Waals surface area contributed by atoms with Crippen LogP contribution in [0.2, 0.25) is 10.0 Å². The molecule has 0 radical (unpaired) electrons. The van der Waals surface area contributed by atoms with Crippen LogP contribution in [0.3, 0.4) is 0 Å². The highest BCUT2D eigenvalue weighted by Crippen LogP contribution is 2.37. The van der Waals surface area contributed by atoms with Crippen molar-refractivity contribution in [1.82, 2.24) is 10.2 Å². The van der Waals surface area contributed by atoms with Gasteiger partial charge in [0.15, 0.2) is 5.79 Å². The van der Waals surface area contributed by atoms with Gasteiger partial charge in [-0.1, -0.05) is 35.3 Å². The maximum absolute atomic E-state index is 6.85. The van der Waals surface area contributed by atoms with Gasteiger partial charge in [-0.15, -0.1) is 0 Å². The molecule has 0 amide bonds. The fourth-order valence-electron chi connectivity index (χ4n) is 4.51. The fourth-order valence-corrected chi connectivity index (χ4v) is 5.08. The zero-order valence-electron chi connectivity index (χ0n) is 17.5. The Labute approximate surface area is 188 Å². The van der Waals surface area contributed by atoms with E-state index in [1.807, 2.05) is 43.3 Å². The maximum atomic E-state index is 6.85. The summed E-state index contributed by atoms with van der Waals surface area (Å²) in [6.45, 7) is 0.762. The van der Waals surface area contributed by atoms with Crippen LogP contribution in [0.1, 0.15) is 36.8 Å². The topological polar surface area (TPSA) is 65.7 Å². The largest absolute Gasteiger partial charge is 0.362 e. The van der Waals surface area contributed by atoms with Gasteiger partial charge in [0.1, 0.15) is 5.84 Å². The number of para-hydroxylation sites is 1. The molecule has 0 spiro atoms. The number of fused-ring (bicyclic) bond motifs is 1. The number of nitrogens with zero attached hydrogens (tertiary/aromatic N) is 2. The van der Waals surface area contributed by atoms with E-state index < -0.39 is 5.79 Å². The number of nitrogens with two attached hydrogens (primary N) is 1. The Bertz CT molecular complexity index is 917. The lowest BCUT2D eigenvalue weighted by Gasteiger charge is -2.43. The summed E-state index contributed by atoms with van der Waals surface area (Å²) in [6.07, 6.45) is 4.16. The van der Waals surface area contributed by atoms with Crippen molar-refractivity contribution in [3.8, 4) is 0 Å². The average Bonchev–Trinajstić information content (AvgIpc) is 2.71. The molecule has 4 rings (SSSR count). The number of nitrogens with one attached hydrogen (secondary N) is 2. The van der Waals surface area contributed by atoms with E-state index in [9.17, 15) is 0 Å². The molecule has 1 saturated carbocycles. The Morgan fingerprint density at radius 2 is 1.77 bits per heavy atom. The third-order valence-corrected chi connectivity index (χ3v) is 6.52. The summed E-state index contributed by atoms with van der Waals surface area (Å²) in [6, 6.07) is 14.4. The number of rotatable bonds is 4. The Balaban J connectivity index is 1.40. The van der Waals surface area contributed by atoms with Gasteiger partial charge >= 0.3 is 0 Å². The van der Waals surface area contributed by atoms with Crippen LogP contribution in [0.15, 0.2) is 47.5 Å². The maximum Gasteiger partial charge on any atom is 0.187 e. The van der Waals surface area contributed by atoms with E-state index in [0.717, 1.165) is 54.9 Å². The van der Waals surface area contributed by atoms with Crippen molar-refractivity contribution in [3.05, 3.63) is 63.6 Å². The second kappa shape index (κ2) is 8.75. The van der Waals surface area contributed by atoms with Crippen LogP contribution in [-0.4, -0.2) is 36.7 Å². The van der Waals surface area contributed by atoms with Gasteiger partial charge in [-0.2, -0.15) is 0 Å². The standard InChI is InChI=1S/C23H29Cl2N5/c1-30(2)22-20-5-3-4-6-21(20)28-23(26,29-22)16-7-9-19(10-8-16)27-14-15-11-17(24)13-18(25)12-15/h3-6,11-13,16,19,27-28H,7-10,14,26H2,1-2H3. The Kier molecular flexibility index (Phi) is 6.26. The third kappa shape index (κ3) is 4.59. The molecule has 1 fully saturated rings. The van der Waals surface area contributed by atoms with E-state index in [-0.39, 0.29) is 5.92 Å². The van der Waals surface area contributed by atoms with E-state index >= 15 is 0 Å². The summed E-state index contributed by atoms with van der Waals surface area (Å²) in [5, 5.41) is 8.52. The second-order valence-corrected chi connectivity index (χ2v) is 9.41. The van der Waals surface area contributed by atoms with Gasteiger partial charge in [-0.25, -0.2) is 4.99 Å². The van der Waals surface area contributed by atoms with E-state index in [0.29, 0.717) is 16.1 Å². The van der Waals surface area contributed by atoms with Gasteiger partial charge in [0.25, 0.3) is 0 Å². The Morgan fingerprint density at radius 1 is 1.10 bits per heavy atom. The summed E-state index contributed by atoms with van der Waals surface area (Å²) in [5.74, 6) is 0.434. The normalized spacial score (nSPS) is 25.8. The van der Waals surface area contributed by atoms with Gasteiger partial charge in [-0.05, 0) is 61.6 Å². The second-order valence-electron chi connectivity index (χ2n) is 8.53. The van der Waals surface area contributed by atoms with Crippen LogP contribution in [-0.2, 0) is 6.54 Å². The predicted octanol–water partition coefficient (Wildman–Crippen LogP) is 4.69. The smallest absolute Gasteiger partial charge is 0.187 e. The van der Waals surface area contributed by atoms with Gasteiger partial charge < -0.3 is 15.5 Å². The molecule has 1 aliphatic carbocycles. The SMILES string of the molecule is CN(C)C1=NC(N)(C2CCC(NCc3cc(Cl)cc(Cl)c3)CC2)Nc2ccccc21. The minimum absolute atomic E-state index is 0.277. The van der Waals surface area contributed by atoms with Crippen molar-refractivity contribution in [2.75, 3.05) is 19.4 Å². The lowest BCUT2D eigenvalue weighted by molar-refractivity contribution is 0.206. The van der Waals surface area contributed by atoms with Crippen molar-refractivity contribution in [1.29, 1.82) is 0 Å². The summed E-state index contributed by atoms with van der Waals surface area (Å²) < 4.78 is 0. The van der Waals surface area contributed by atoms with Crippen LogP contribution >= 0.6 is 23.2 Å². The highest BCUT2D eigenvalue weighted by molar-refractivity contribution is 6.34. The van der Waals surface area contributed by atoms with E-state index in [2.05, 4.69) is 22.8 Å². The number of hydrogen-bond acceptors (Lipinski definition) is 5. The fraction of sp³-hybridized carbons (Fsp3) is 0.435. The number of aliphatic imine (C=N–C) groups is 1. The predicted molar refractivity (Wildman–Crippen MR) is 126 cm³/mol. The van der Waals surface area contributed by atoms with E-state index in [4.69, 9.17) is 33.9 Å². The molecule has 4 N–H and O–H groups in total. The van der Waals surface area contributed by atoms with Crippen molar-refractivity contribution in [3.63, 3.8) is 0 Å². The lowest BCUT2D eigenvalue weighted by atomic mass is 9.81. The number of amidine groups is 1. The Morgan fingerprint density at radius 3 is 2.43 bits per heavy atom. The van der Waals surface area contributed by atoms with Gasteiger partial charge in [-0.3, -0.25) is 5.73 Å². The molecule has 1 heterocycles. The van der Waals surface area contributed by atoms with Crippen molar-refractivity contribution in [2.24, 2.45) is 16.6 Å². The van der Waals surface area contributed by atoms with Crippen LogP contribution in [0.4, 0.5) is 5.69 Å². The molecule has 1 atom stereocenters. The van der Waals surface area contributed by atoms with Gasteiger partial charge in [0.05, 0.1) is 0 Å². The highest BCUT2D eigenvalue weighted by atomic mass is 35.5. The first-order valence-corrected chi connectivity index (χ1v) is 11.2. The minimum atomic E-state index is -0.778. The summed E-state index contributed by atoms with van der Waals surface area (Å²) in [4.78, 5) is 7.02. The molecule has 0 saturated heterocycles. The molecule has 1 unspecified atom stereocenters. The highest BCUT2D eigenvalue weighted by Gasteiger charge is 2.40. The average molecular weight is 446 g/mol. The minimum Gasteiger partial charge on any atom is -0.362 e. The van der Waals surface area contributed by atoms with Crippen molar-refractivity contribution in [2.45, 2.75) is 44.1 Å². The molecule has 2 aromatic carbocycles. The number of hydrogen-bond donors (Lipinski definition) is 3. The van der Waals surface area contributed by atoms with Crippen molar-refractivity contribution >= 4 is 34.7 Å². The van der Waals surface area contributed by atoms with Crippen molar-refractivity contribution < 1.29 is 0 Å². The number of anilines is 1. The molecule has 160 valence electrons. The van der Waals surface area contributed by atoms with Crippen LogP contribution in [0.25, 0.3) is 0 Å². The quantitative estimate of drug-likeness (QED) is 0.638. The summed E-state index contributed by atoms with van der Waals surface area (Å²) in [5.41, 5.74) is 10.1. The first-order valence-electron chi connectivity index (χ1n) is 10.5. The monoisotopic (exact) mass is 445 g/mol. The number of halogens is 2. The molecule has 5 nitrogen and oxygen atoms in total. The molecular formula is C23H29Cl2N5. The molecule has 0 aromatic heterocycles. The zero-order chi connectivity index (χ0) is 21.3. The van der Waals surface area contributed by atoms with Gasteiger partial charge in [0, 0.05) is 53.9 Å². The molecule has 2 aliphatic rings. The van der Waals surface area contributed by atoms with E-state index in [1.54, 1.807) is 6.07 Å². The zero-order valence-corrected chi connectivity index (χ0v) is 19.0. The van der Waals surface area contributed by atoms with E-state index in [1.165, 1.54) is 0 Å². The molecule has 1 aliphatic heterocycles. The first kappa shape index (κ1) is 21.4. The first-order chi connectivity index (χ1) is 14.3. The van der Waals surface area contributed by atoms with Crippen LogP contribution in [0.5, 0.6) is 0 Å². The molecule has 7 heteroatoms. The summed E-state index contributed by atoms with van der Waals surface area (Å²) >= 11 is 12.2. The lowest BCUT2D eigenvalue weighted by Crippen LogP contribution is -2.57. The molecule has 30 heavy (non-hydrogen) atoms. The van der Waals surface area contributed by atoms with Gasteiger partial charge in [0.2, 0.25) is 0 Å². The molecule has 0 bridgehead atoms. The molecule has 2 aromatic rings. The summed E-state index contributed by atoms with van der Waals surface area (Å²) in [7, 11) is 4.04. The number of benzene rings is 2.